The number of methoxy groups -OCH3 is 1. The van der Waals surface area contributed by atoms with Crippen LogP contribution in [0.3, 0.4) is 0 Å². The average Bonchev–Trinajstić information content (AvgIpc) is 2.75. The van der Waals surface area contributed by atoms with Crippen LogP contribution in [0.4, 0.5) is 5.69 Å². The van der Waals surface area contributed by atoms with E-state index in [2.05, 4.69) is 15.4 Å². The third kappa shape index (κ3) is 3.30. The maximum Gasteiger partial charge on any atom is 0.315 e. The van der Waals surface area contributed by atoms with Crippen molar-refractivity contribution in [3.05, 3.63) is 29.8 Å². The fourth-order valence-electron chi connectivity index (χ4n) is 1.84. The van der Waals surface area contributed by atoms with Gasteiger partial charge in [-0.3, -0.25) is 14.4 Å². The van der Waals surface area contributed by atoms with E-state index in [1.807, 2.05) is 12.1 Å². The molecule has 0 fully saturated rings. The van der Waals surface area contributed by atoms with Gasteiger partial charge in [0.2, 0.25) is 5.91 Å². The van der Waals surface area contributed by atoms with Crippen LogP contribution in [-0.4, -0.2) is 36.4 Å². The molecule has 6 nitrogen and oxygen atoms in total. The van der Waals surface area contributed by atoms with E-state index < -0.39 is 6.04 Å². The van der Waals surface area contributed by atoms with E-state index in [0.717, 1.165) is 17.3 Å². The summed E-state index contributed by atoms with van der Waals surface area (Å²) in [6, 6.07) is 6.53. The molecule has 7 heteroatoms. The van der Waals surface area contributed by atoms with Crippen LogP contribution in [0.25, 0.3) is 0 Å². The van der Waals surface area contributed by atoms with Crippen molar-refractivity contribution in [2.24, 2.45) is 0 Å². The summed E-state index contributed by atoms with van der Waals surface area (Å²) in [6.07, 6.45) is 0. The Morgan fingerprint density at radius 2 is 2.10 bits per heavy atom. The number of hydrogen-bond donors (Lipinski definition) is 2. The molecule has 0 saturated carbocycles. The molecule has 106 valence electrons. The van der Waals surface area contributed by atoms with Gasteiger partial charge in [0.05, 0.1) is 18.6 Å². The number of anilines is 1. The number of carbonyl (C=O) groups excluding carboxylic acids is 3. The van der Waals surface area contributed by atoms with Crippen molar-refractivity contribution in [3.8, 4) is 0 Å². The first-order valence-corrected chi connectivity index (χ1v) is 7.11. The quantitative estimate of drug-likeness (QED) is 0.781. The summed E-state index contributed by atoms with van der Waals surface area (Å²) in [6.45, 7) is 0. The summed E-state index contributed by atoms with van der Waals surface area (Å²) in [5.74, 6) is -0.724. The number of amides is 2. The number of ether oxygens (including phenoxy) is 1. The number of nitrogens with one attached hydrogen (secondary N) is 2. The van der Waals surface area contributed by atoms with Gasteiger partial charge in [0.1, 0.15) is 6.04 Å². The van der Waals surface area contributed by atoms with Gasteiger partial charge in [-0.25, -0.2) is 0 Å². The third-order valence-electron chi connectivity index (χ3n) is 2.78. The lowest BCUT2D eigenvalue weighted by Crippen LogP contribution is -2.34. The molecule has 2 amide bonds. The van der Waals surface area contributed by atoms with Gasteiger partial charge in [0, 0.05) is 11.3 Å². The van der Waals surface area contributed by atoms with Gasteiger partial charge in [0.25, 0.3) is 5.91 Å². The lowest BCUT2D eigenvalue weighted by Gasteiger charge is -2.11. The zero-order valence-electron chi connectivity index (χ0n) is 10.8. The molecular weight excluding hydrogens is 280 g/mol. The summed E-state index contributed by atoms with van der Waals surface area (Å²) in [5.41, 5.74) is 1.47. The molecule has 1 aliphatic heterocycles. The van der Waals surface area contributed by atoms with Gasteiger partial charge < -0.3 is 15.4 Å². The van der Waals surface area contributed by atoms with E-state index in [1.165, 1.54) is 7.11 Å². The highest BCUT2D eigenvalue weighted by Gasteiger charge is 2.31. The molecule has 1 aliphatic rings. The Kier molecular flexibility index (Phi) is 4.62. The summed E-state index contributed by atoms with van der Waals surface area (Å²) in [4.78, 5) is 34.5. The van der Waals surface area contributed by atoms with E-state index in [4.69, 9.17) is 0 Å². The van der Waals surface area contributed by atoms with E-state index >= 15 is 0 Å². The largest absolute Gasteiger partial charge is 0.468 e. The Morgan fingerprint density at radius 1 is 1.35 bits per heavy atom. The van der Waals surface area contributed by atoms with Crippen LogP contribution in [-0.2, 0) is 19.1 Å². The molecule has 1 aromatic carbocycles. The standard InChI is InChI=1S/C13H14N2O4S/c1-19-11(17)7-20-6-10(16)15-12-8-4-2-3-5-9(8)14-13(12)18/h2-5,12H,6-7H2,1H3,(H,14,18)(H,15,16)/t12-/m1/s1. The summed E-state index contributed by atoms with van der Waals surface area (Å²) >= 11 is 1.14. The van der Waals surface area contributed by atoms with Gasteiger partial charge in [-0.2, -0.15) is 0 Å². The molecule has 2 N–H and O–H groups in total. The number of hydrogen-bond acceptors (Lipinski definition) is 5. The summed E-state index contributed by atoms with van der Waals surface area (Å²) < 4.78 is 4.47. The smallest absolute Gasteiger partial charge is 0.315 e. The summed E-state index contributed by atoms with van der Waals surface area (Å²) in [7, 11) is 1.29. The van der Waals surface area contributed by atoms with Crippen molar-refractivity contribution < 1.29 is 19.1 Å². The lowest BCUT2D eigenvalue weighted by atomic mass is 10.1. The Bertz CT molecular complexity index is 547. The number of thioether (sulfide) groups is 1. The van der Waals surface area contributed by atoms with Crippen LogP contribution < -0.4 is 10.6 Å². The number of carbonyl (C=O) groups is 3. The SMILES string of the molecule is COC(=O)CSCC(=O)N[C@H]1C(=O)Nc2ccccc21. The zero-order valence-corrected chi connectivity index (χ0v) is 11.7. The van der Waals surface area contributed by atoms with Gasteiger partial charge in [-0.1, -0.05) is 18.2 Å². The molecule has 0 spiro atoms. The molecule has 1 atom stereocenters. The number of esters is 1. The van der Waals surface area contributed by atoms with Gasteiger partial charge >= 0.3 is 5.97 Å². The van der Waals surface area contributed by atoms with Crippen molar-refractivity contribution in [2.45, 2.75) is 6.04 Å². The Morgan fingerprint density at radius 3 is 2.85 bits per heavy atom. The predicted octanol–water partition coefficient (Wildman–Crippen LogP) is 0.702. The van der Waals surface area contributed by atoms with Gasteiger partial charge in [-0.05, 0) is 6.07 Å². The van der Waals surface area contributed by atoms with Crippen LogP contribution in [0.5, 0.6) is 0 Å². The summed E-state index contributed by atoms with van der Waals surface area (Å²) in [5, 5.41) is 5.35. The van der Waals surface area contributed by atoms with Crippen molar-refractivity contribution in [1.82, 2.24) is 5.32 Å². The van der Waals surface area contributed by atoms with E-state index in [0.29, 0.717) is 5.69 Å². The highest BCUT2D eigenvalue weighted by molar-refractivity contribution is 8.00. The van der Waals surface area contributed by atoms with Crippen molar-refractivity contribution in [3.63, 3.8) is 0 Å². The normalized spacial score (nSPS) is 16.2. The predicted molar refractivity (Wildman–Crippen MR) is 75.3 cm³/mol. The Hall–Kier alpha value is -2.02. The van der Waals surface area contributed by atoms with Gasteiger partial charge in [-0.15, -0.1) is 11.8 Å². The zero-order chi connectivity index (χ0) is 14.5. The second-order valence-corrected chi connectivity index (χ2v) is 5.13. The van der Waals surface area contributed by atoms with Crippen LogP contribution in [0, 0.1) is 0 Å². The van der Waals surface area contributed by atoms with Crippen molar-refractivity contribution in [1.29, 1.82) is 0 Å². The maximum atomic E-state index is 11.8. The minimum absolute atomic E-state index is 0.0983. The molecule has 20 heavy (non-hydrogen) atoms. The molecule has 0 aliphatic carbocycles. The number of rotatable bonds is 5. The molecule has 0 aromatic heterocycles. The second kappa shape index (κ2) is 6.42. The Balaban J connectivity index is 1.89. The number of para-hydroxylation sites is 1. The minimum Gasteiger partial charge on any atom is -0.468 e. The number of fused-ring (bicyclic) bond motifs is 1. The molecule has 1 heterocycles. The first-order valence-electron chi connectivity index (χ1n) is 5.95. The monoisotopic (exact) mass is 294 g/mol. The topological polar surface area (TPSA) is 84.5 Å². The highest BCUT2D eigenvalue weighted by Crippen LogP contribution is 2.30. The fraction of sp³-hybridized carbons (Fsp3) is 0.308. The van der Waals surface area contributed by atoms with E-state index in [1.54, 1.807) is 12.1 Å². The highest BCUT2D eigenvalue weighted by atomic mass is 32.2. The third-order valence-corrected chi connectivity index (χ3v) is 3.68. The fourth-order valence-corrected chi connectivity index (χ4v) is 2.50. The molecule has 2 rings (SSSR count). The van der Waals surface area contributed by atoms with E-state index in [9.17, 15) is 14.4 Å². The van der Waals surface area contributed by atoms with Crippen molar-refractivity contribution >= 4 is 35.2 Å². The molecular formula is C13H14N2O4S. The molecule has 1 aromatic rings. The molecule has 0 saturated heterocycles. The first kappa shape index (κ1) is 14.4. The second-order valence-electron chi connectivity index (χ2n) is 4.15. The van der Waals surface area contributed by atoms with Crippen LogP contribution in [0.15, 0.2) is 24.3 Å². The number of benzene rings is 1. The van der Waals surface area contributed by atoms with Crippen LogP contribution in [0.1, 0.15) is 11.6 Å². The van der Waals surface area contributed by atoms with Crippen LogP contribution >= 0.6 is 11.8 Å². The van der Waals surface area contributed by atoms with E-state index in [-0.39, 0.29) is 29.3 Å². The molecule has 0 bridgehead atoms. The van der Waals surface area contributed by atoms with Crippen molar-refractivity contribution in [2.75, 3.05) is 23.9 Å². The van der Waals surface area contributed by atoms with Crippen LogP contribution in [0.2, 0.25) is 0 Å². The maximum absolute atomic E-state index is 11.8. The molecule has 0 unspecified atom stereocenters. The molecule has 0 radical (unpaired) electrons. The Labute approximate surface area is 120 Å². The minimum atomic E-state index is -0.669. The van der Waals surface area contributed by atoms with Gasteiger partial charge in [0.15, 0.2) is 0 Å². The first-order chi connectivity index (χ1) is 9.61. The average molecular weight is 294 g/mol. The lowest BCUT2D eigenvalue weighted by molar-refractivity contribution is -0.137.